The zero-order valence-electron chi connectivity index (χ0n) is 11.1. The van der Waals surface area contributed by atoms with Crippen molar-refractivity contribution in [1.82, 2.24) is 10.4 Å². The average Bonchev–Trinajstić information content (AvgIpc) is 2.84. The van der Waals surface area contributed by atoms with Crippen molar-refractivity contribution in [3.05, 3.63) is 35.4 Å². The molecule has 0 saturated carbocycles. The Kier molecular flexibility index (Phi) is 3.99. The Hall–Kier alpha value is -1.39. The van der Waals surface area contributed by atoms with Crippen LogP contribution in [0, 0.1) is 0 Å². The zero-order chi connectivity index (χ0) is 13.1. The number of carbonyl (C=O) groups excluding carboxylic acids is 1. The lowest BCUT2D eigenvalue weighted by molar-refractivity contribution is -0.0757. The van der Waals surface area contributed by atoms with Gasteiger partial charge in [-0.3, -0.25) is 9.63 Å². The average molecular weight is 248 g/mol. The molecule has 1 amide bonds. The van der Waals surface area contributed by atoms with Crippen LogP contribution in [0.5, 0.6) is 0 Å². The van der Waals surface area contributed by atoms with Crippen LogP contribution in [0.25, 0.3) is 0 Å². The molecular formula is C14H20N2O2. The number of hydrogen-bond acceptors (Lipinski definition) is 3. The molecule has 0 spiro atoms. The van der Waals surface area contributed by atoms with E-state index in [0.717, 1.165) is 13.0 Å². The van der Waals surface area contributed by atoms with Gasteiger partial charge in [0.1, 0.15) is 0 Å². The first-order chi connectivity index (χ1) is 8.61. The van der Waals surface area contributed by atoms with Crippen molar-refractivity contribution in [2.75, 3.05) is 20.7 Å². The minimum absolute atomic E-state index is 0.123. The summed E-state index contributed by atoms with van der Waals surface area (Å²) in [6.07, 6.45) is 1.16. The van der Waals surface area contributed by atoms with E-state index in [4.69, 9.17) is 4.84 Å². The minimum Gasteiger partial charge on any atom is -0.314 e. The highest BCUT2D eigenvalue weighted by Crippen LogP contribution is 2.25. The number of rotatable bonds is 3. The fourth-order valence-electron chi connectivity index (χ4n) is 2.35. The standard InChI is InChI=1S/C14H20N2O2/c1-10-8-13(9-15-10)11-4-6-12(7-5-11)14(17)16(2)18-3/h4-7,10,13,15H,8-9H2,1-3H3. The zero-order valence-corrected chi connectivity index (χ0v) is 11.1. The summed E-state index contributed by atoms with van der Waals surface area (Å²) in [6.45, 7) is 3.22. The summed E-state index contributed by atoms with van der Waals surface area (Å²) in [5, 5.41) is 4.67. The molecule has 1 N–H and O–H groups in total. The Morgan fingerprint density at radius 3 is 2.56 bits per heavy atom. The lowest BCUT2D eigenvalue weighted by Crippen LogP contribution is -2.25. The van der Waals surface area contributed by atoms with E-state index in [2.05, 4.69) is 12.2 Å². The lowest BCUT2D eigenvalue weighted by atomic mass is 9.95. The molecule has 1 saturated heterocycles. The summed E-state index contributed by atoms with van der Waals surface area (Å²) in [6, 6.07) is 8.41. The Labute approximate surface area is 108 Å². The van der Waals surface area contributed by atoms with Crippen molar-refractivity contribution in [2.24, 2.45) is 0 Å². The van der Waals surface area contributed by atoms with Gasteiger partial charge in [0.25, 0.3) is 5.91 Å². The molecule has 4 nitrogen and oxygen atoms in total. The molecule has 1 aliphatic heterocycles. The molecule has 0 aromatic heterocycles. The number of amides is 1. The number of nitrogens with zero attached hydrogens (tertiary/aromatic N) is 1. The Bertz CT molecular complexity index is 416. The van der Waals surface area contributed by atoms with Crippen molar-refractivity contribution in [3.8, 4) is 0 Å². The molecule has 4 heteroatoms. The maximum atomic E-state index is 11.8. The highest BCUT2D eigenvalue weighted by atomic mass is 16.7. The molecule has 1 heterocycles. The van der Waals surface area contributed by atoms with Gasteiger partial charge in [0, 0.05) is 25.2 Å². The molecule has 2 rings (SSSR count). The van der Waals surface area contributed by atoms with Gasteiger partial charge < -0.3 is 5.32 Å². The second kappa shape index (κ2) is 5.50. The van der Waals surface area contributed by atoms with Gasteiger partial charge in [-0.15, -0.1) is 0 Å². The third kappa shape index (κ3) is 2.71. The molecular weight excluding hydrogens is 228 g/mol. The van der Waals surface area contributed by atoms with Gasteiger partial charge in [-0.05, 0) is 37.0 Å². The van der Waals surface area contributed by atoms with Gasteiger partial charge in [0.05, 0.1) is 7.11 Å². The maximum absolute atomic E-state index is 11.8. The number of hydrogen-bond donors (Lipinski definition) is 1. The smallest absolute Gasteiger partial charge is 0.277 e. The van der Waals surface area contributed by atoms with Gasteiger partial charge in [0.2, 0.25) is 0 Å². The molecule has 2 atom stereocenters. The van der Waals surface area contributed by atoms with E-state index in [0.29, 0.717) is 17.5 Å². The van der Waals surface area contributed by atoms with Crippen molar-refractivity contribution < 1.29 is 9.63 Å². The van der Waals surface area contributed by atoms with E-state index in [-0.39, 0.29) is 5.91 Å². The SMILES string of the molecule is CON(C)C(=O)c1ccc(C2CNC(C)C2)cc1. The second-order valence-electron chi connectivity index (χ2n) is 4.85. The normalized spacial score (nSPS) is 23.1. The van der Waals surface area contributed by atoms with Crippen LogP contribution in [0.4, 0.5) is 0 Å². The third-order valence-corrected chi connectivity index (χ3v) is 3.54. The van der Waals surface area contributed by atoms with Gasteiger partial charge in [-0.1, -0.05) is 12.1 Å². The first kappa shape index (κ1) is 13.1. The predicted octanol–water partition coefficient (Wildman–Crippen LogP) is 1.79. The molecule has 1 aromatic carbocycles. The Balaban J connectivity index is 2.08. The Morgan fingerprint density at radius 2 is 2.06 bits per heavy atom. The molecule has 1 fully saturated rings. The predicted molar refractivity (Wildman–Crippen MR) is 70.4 cm³/mol. The lowest BCUT2D eigenvalue weighted by Gasteiger charge is -2.14. The maximum Gasteiger partial charge on any atom is 0.277 e. The third-order valence-electron chi connectivity index (χ3n) is 3.54. The molecule has 98 valence electrons. The van der Waals surface area contributed by atoms with Crippen LogP contribution >= 0.6 is 0 Å². The van der Waals surface area contributed by atoms with Crippen LogP contribution in [0.15, 0.2) is 24.3 Å². The van der Waals surface area contributed by atoms with E-state index in [1.807, 2.05) is 24.3 Å². The summed E-state index contributed by atoms with van der Waals surface area (Å²) in [4.78, 5) is 16.7. The summed E-state index contributed by atoms with van der Waals surface area (Å²) in [5.41, 5.74) is 1.95. The Morgan fingerprint density at radius 1 is 1.39 bits per heavy atom. The second-order valence-corrected chi connectivity index (χ2v) is 4.85. The fourth-order valence-corrected chi connectivity index (χ4v) is 2.35. The molecule has 0 radical (unpaired) electrons. The highest BCUT2D eigenvalue weighted by molar-refractivity contribution is 5.93. The number of hydroxylamine groups is 2. The van der Waals surface area contributed by atoms with Crippen LogP contribution in [0.2, 0.25) is 0 Å². The minimum atomic E-state index is -0.123. The number of carbonyl (C=O) groups is 1. The van der Waals surface area contributed by atoms with Crippen LogP contribution in [-0.4, -0.2) is 37.7 Å². The van der Waals surface area contributed by atoms with Gasteiger partial charge in [-0.2, -0.15) is 0 Å². The van der Waals surface area contributed by atoms with E-state index in [1.54, 1.807) is 7.05 Å². The molecule has 2 unspecified atom stereocenters. The molecule has 0 bridgehead atoms. The largest absolute Gasteiger partial charge is 0.314 e. The first-order valence-electron chi connectivity index (χ1n) is 6.27. The summed E-state index contributed by atoms with van der Waals surface area (Å²) >= 11 is 0. The van der Waals surface area contributed by atoms with E-state index < -0.39 is 0 Å². The van der Waals surface area contributed by atoms with Crippen molar-refractivity contribution in [2.45, 2.75) is 25.3 Å². The first-order valence-corrected chi connectivity index (χ1v) is 6.27. The van der Waals surface area contributed by atoms with Crippen LogP contribution in [0.1, 0.15) is 35.2 Å². The quantitative estimate of drug-likeness (QED) is 0.829. The summed E-state index contributed by atoms with van der Waals surface area (Å²) in [7, 11) is 3.09. The van der Waals surface area contributed by atoms with Crippen molar-refractivity contribution in [3.63, 3.8) is 0 Å². The number of benzene rings is 1. The number of nitrogens with one attached hydrogen (secondary N) is 1. The molecule has 1 aromatic rings. The molecule has 18 heavy (non-hydrogen) atoms. The van der Waals surface area contributed by atoms with E-state index in [1.165, 1.54) is 17.7 Å². The van der Waals surface area contributed by atoms with Crippen LogP contribution in [-0.2, 0) is 4.84 Å². The van der Waals surface area contributed by atoms with Crippen molar-refractivity contribution >= 4 is 5.91 Å². The molecule has 1 aliphatic rings. The van der Waals surface area contributed by atoms with Gasteiger partial charge in [0.15, 0.2) is 0 Å². The van der Waals surface area contributed by atoms with Gasteiger partial charge >= 0.3 is 0 Å². The monoisotopic (exact) mass is 248 g/mol. The molecule has 0 aliphatic carbocycles. The fraction of sp³-hybridized carbons (Fsp3) is 0.500. The van der Waals surface area contributed by atoms with E-state index in [9.17, 15) is 4.79 Å². The summed E-state index contributed by atoms with van der Waals surface area (Å²) in [5.74, 6) is 0.436. The van der Waals surface area contributed by atoms with E-state index >= 15 is 0 Å². The highest BCUT2D eigenvalue weighted by Gasteiger charge is 2.22. The summed E-state index contributed by atoms with van der Waals surface area (Å²) < 4.78 is 0. The van der Waals surface area contributed by atoms with Crippen LogP contribution in [0.3, 0.4) is 0 Å². The van der Waals surface area contributed by atoms with Crippen LogP contribution < -0.4 is 5.32 Å². The van der Waals surface area contributed by atoms with Crippen molar-refractivity contribution in [1.29, 1.82) is 0 Å². The topological polar surface area (TPSA) is 41.6 Å². The van der Waals surface area contributed by atoms with Gasteiger partial charge in [-0.25, -0.2) is 5.06 Å².